The summed E-state index contributed by atoms with van der Waals surface area (Å²) in [7, 11) is 0. The normalized spacial score (nSPS) is 11.1. The molecule has 0 unspecified atom stereocenters. The van der Waals surface area contributed by atoms with Crippen LogP contribution in [0.4, 0.5) is 18.0 Å². The summed E-state index contributed by atoms with van der Waals surface area (Å²) in [6.45, 7) is -0.356. The number of benzene rings is 1. The lowest BCUT2D eigenvalue weighted by Crippen LogP contribution is -2.23. The third-order valence-corrected chi connectivity index (χ3v) is 1.73. The van der Waals surface area contributed by atoms with Gasteiger partial charge in [0.25, 0.3) is 0 Å². The van der Waals surface area contributed by atoms with Gasteiger partial charge in [0.1, 0.15) is 0 Å². The van der Waals surface area contributed by atoms with Gasteiger partial charge in [-0.1, -0.05) is 18.2 Å². The Morgan fingerprint density at radius 1 is 1.33 bits per heavy atom. The Labute approximate surface area is 84.1 Å². The van der Waals surface area contributed by atoms with E-state index in [9.17, 15) is 18.0 Å². The molecule has 81 valence electrons. The lowest BCUT2D eigenvalue weighted by molar-refractivity contribution is -0.138. The van der Waals surface area contributed by atoms with Crippen molar-refractivity contribution in [2.45, 2.75) is 12.7 Å². The molecule has 0 aliphatic heterocycles. The first-order valence-electron chi connectivity index (χ1n) is 4.03. The van der Waals surface area contributed by atoms with Crippen LogP contribution >= 0.6 is 0 Å². The fourth-order valence-electron chi connectivity index (χ4n) is 1.10. The minimum atomic E-state index is -4.44. The summed E-state index contributed by atoms with van der Waals surface area (Å²) in [6, 6.07) is 3.94. The minimum Gasteiger partial charge on any atom is -0.350 e. The van der Waals surface area contributed by atoms with Crippen molar-refractivity contribution in [3.8, 4) is 0 Å². The van der Waals surface area contributed by atoms with Crippen LogP contribution in [0.3, 0.4) is 0 Å². The molecule has 0 fully saturated rings. The molecular formula is C9H8F3N2O. The molecule has 0 aromatic heterocycles. The van der Waals surface area contributed by atoms with Gasteiger partial charge < -0.3 is 5.73 Å². The predicted octanol–water partition coefficient (Wildman–Crippen LogP) is 1.89. The highest BCUT2D eigenvalue weighted by Crippen LogP contribution is 2.31. The lowest BCUT2D eigenvalue weighted by Gasteiger charge is -2.11. The second-order valence-electron chi connectivity index (χ2n) is 2.81. The molecule has 0 heterocycles. The van der Waals surface area contributed by atoms with Crippen molar-refractivity contribution in [3.05, 3.63) is 35.4 Å². The third kappa shape index (κ3) is 3.16. The standard InChI is InChI=1S/C9H8F3N2O/c10-9(11,12)7-4-2-1-3-6(7)5-14-8(13)15/h1-4H,5H2,(H2,13,15). The van der Waals surface area contributed by atoms with Gasteiger partial charge in [-0.2, -0.15) is 13.2 Å². The van der Waals surface area contributed by atoms with Crippen LogP contribution in [0.5, 0.6) is 0 Å². The largest absolute Gasteiger partial charge is 0.416 e. The molecule has 0 aliphatic rings. The van der Waals surface area contributed by atoms with Gasteiger partial charge in [-0.15, -0.1) is 0 Å². The summed E-state index contributed by atoms with van der Waals surface area (Å²) in [5.74, 6) is 0. The zero-order valence-electron chi connectivity index (χ0n) is 7.58. The number of nitrogens with two attached hydrogens (primary N) is 1. The Morgan fingerprint density at radius 3 is 2.47 bits per heavy atom. The number of hydrogen-bond acceptors (Lipinski definition) is 1. The van der Waals surface area contributed by atoms with Crippen LogP contribution in [0.2, 0.25) is 0 Å². The van der Waals surface area contributed by atoms with E-state index in [4.69, 9.17) is 5.73 Å². The van der Waals surface area contributed by atoms with E-state index in [0.29, 0.717) is 0 Å². The highest BCUT2D eigenvalue weighted by Gasteiger charge is 2.32. The van der Waals surface area contributed by atoms with E-state index in [1.54, 1.807) is 0 Å². The number of halogens is 3. The highest BCUT2D eigenvalue weighted by molar-refractivity contribution is 5.71. The fraction of sp³-hybridized carbons (Fsp3) is 0.222. The van der Waals surface area contributed by atoms with E-state index in [2.05, 4.69) is 5.32 Å². The molecule has 1 aromatic carbocycles. The first-order valence-corrected chi connectivity index (χ1v) is 4.03. The number of primary amides is 1. The van der Waals surface area contributed by atoms with Crippen molar-refractivity contribution in [1.82, 2.24) is 5.32 Å². The maximum atomic E-state index is 12.4. The van der Waals surface area contributed by atoms with E-state index >= 15 is 0 Å². The van der Waals surface area contributed by atoms with Gasteiger partial charge in [0, 0.05) is 0 Å². The minimum absolute atomic E-state index is 0.0659. The van der Waals surface area contributed by atoms with Crippen molar-refractivity contribution in [1.29, 1.82) is 0 Å². The lowest BCUT2D eigenvalue weighted by atomic mass is 10.1. The molecule has 0 spiro atoms. The van der Waals surface area contributed by atoms with E-state index in [0.717, 1.165) is 6.07 Å². The van der Waals surface area contributed by atoms with Crippen LogP contribution in [-0.2, 0) is 12.7 Å². The number of rotatable bonds is 2. The maximum absolute atomic E-state index is 12.4. The Kier molecular flexibility index (Phi) is 3.18. The predicted molar refractivity (Wildman–Crippen MR) is 46.9 cm³/mol. The number of amides is 2. The van der Waals surface area contributed by atoms with Gasteiger partial charge in [-0.05, 0) is 11.6 Å². The number of urea groups is 1. The zero-order chi connectivity index (χ0) is 11.5. The van der Waals surface area contributed by atoms with E-state index in [1.807, 2.05) is 0 Å². The van der Waals surface area contributed by atoms with Gasteiger partial charge in [0.05, 0.1) is 12.1 Å². The molecule has 15 heavy (non-hydrogen) atoms. The van der Waals surface area contributed by atoms with Crippen molar-refractivity contribution in [2.24, 2.45) is 5.73 Å². The zero-order valence-corrected chi connectivity index (χ0v) is 7.58. The summed E-state index contributed by atoms with van der Waals surface area (Å²) in [5, 5.41) is 3.21. The SMILES string of the molecule is NC(=O)[N]Cc1ccccc1C(F)(F)F. The molecule has 2 N–H and O–H groups in total. The third-order valence-electron chi connectivity index (χ3n) is 1.73. The maximum Gasteiger partial charge on any atom is 0.416 e. The van der Waals surface area contributed by atoms with Crippen molar-refractivity contribution < 1.29 is 18.0 Å². The van der Waals surface area contributed by atoms with Crippen molar-refractivity contribution >= 4 is 6.03 Å². The highest BCUT2D eigenvalue weighted by atomic mass is 19.4. The van der Waals surface area contributed by atoms with Gasteiger partial charge >= 0.3 is 12.2 Å². The molecule has 1 radical (unpaired) electrons. The smallest absolute Gasteiger partial charge is 0.350 e. The molecule has 0 bridgehead atoms. The van der Waals surface area contributed by atoms with Crippen LogP contribution < -0.4 is 11.1 Å². The summed E-state index contributed by atoms with van der Waals surface area (Å²) in [6.07, 6.45) is -4.44. The molecule has 3 nitrogen and oxygen atoms in total. The second kappa shape index (κ2) is 4.20. The van der Waals surface area contributed by atoms with Crippen molar-refractivity contribution in [2.75, 3.05) is 0 Å². The average molecular weight is 217 g/mol. The van der Waals surface area contributed by atoms with Crippen LogP contribution in [-0.4, -0.2) is 6.03 Å². The number of alkyl halides is 3. The van der Waals surface area contributed by atoms with Crippen LogP contribution in [0, 0.1) is 0 Å². The van der Waals surface area contributed by atoms with Crippen LogP contribution in [0.1, 0.15) is 11.1 Å². The fourth-order valence-corrected chi connectivity index (χ4v) is 1.10. The number of carbonyl (C=O) groups excluding carboxylic acids is 1. The summed E-state index contributed by atoms with van der Waals surface area (Å²) in [5.41, 5.74) is 3.85. The first kappa shape index (κ1) is 11.4. The topological polar surface area (TPSA) is 57.2 Å². The van der Waals surface area contributed by atoms with E-state index in [1.165, 1.54) is 18.2 Å². The summed E-state index contributed by atoms with van der Waals surface area (Å²) in [4.78, 5) is 10.3. The van der Waals surface area contributed by atoms with Crippen LogP contribution in [0.15, 0.2) is 24.3 Å². The Bertz CT molecular complexity index is 363. The Balaban J connectivity index is 2.92. The first-order chi connectivity index (χ1) is 6.91. The molecule has 0 atom stereocenters. The number of nitrogens with zero attached hydrogens (tertiary/aromatic N) is 1. The van der Waals surface area contributed by atoms with Crippen LogP contribution in [0.25, 0.3) is 0 Å². The quantitative estimate of drug-likeness (QED) is 0.807. The molecule has 1 aromatic rings. The molecule has 0 aliphatic carbocycles. The van der Waals surface area contributed by atoms with Crippen molar-refractivity contribution in [3.63, 3.8) is 0 Å². The molecule has 6 heteroatoms. The molecular weight excluding hydrogens is 209 g/mol. The van der Waals surface area contributed by atoms with Gasteiger partial charge in [0.2, 0.25) is 0 Å². The molecule has 1 rings (SSSR count). The van der Waals surface area contributed by atoms with Gasteiger partial charge in [-0.3, -0.25) is 0 Å². The average Bonchev–Trinajstić information content (AvgIpc) is 2.13. The summed E-state index contributed by atoms with van der Waals surface area (Å²) >= 11 is 0. The Hall–Kier alpha value is -1.72. The molecule has 2 amide bonds. The second-order valence-corrected chi connectivity index (χ2v) is 2.81. The number of hydrogen-bond donors (Lipinski definition) is 1. The van der Waals surface area contributed by atoms with Gasteiger partial charge in [0.15, 0.2) is 0 Å². The summed E-state index contributed by atoms with van der Waals surface area (Å²) < 4.78 is 37.2. The van der Waals surface area contributed by atoms with Gasteiger partial charge in [-0.25, -0.2) is 10.1 Å². The van der Waals surface area contributed by atoms with E-state index in [-0.39, 0.29) is 12.1 Å². The molecule has 0 saturated carbocycles. The van der Waals surface area contributed by atoms with E-state index < -0.39 is 17.8 Å². The molecule has 0 saturated heterocycles. The monoisotopic (exact) mass is 217 g/mol. The number of carbonyl (C=O) groups is 1. The Morgan fingerprint density at radius 2 is 1.93 bits per heavy atom.